The molecule has 5 nitrogen and oxygen atoms in total. The zero-order valence-electron chi connectivity index (χ0n) is 14.8. The van der Waals surface area contributed by atoms with Crippen molar-refractivity contribution < 1.29 is 22.8 Å². The van der Waals surface area contributed by atoms with Crippen LogP contribution in [0.1, 0.15) is 35.5 Å². The maximum Gasteiger partial charge on any atom is 0.417 e. The second-order valence-corrected chi connectivity index (χ2v) is 6.46. The fourth-order valence-corrected chi connectivity index (χ4v) is 2.81. The molecule has 0 spiro atoms. The van der Waals surface area contributed by atoms with Crippen molar-refractivity contribution in [1.29, 1.82) is 0 Å². The van der Waals surface area contributed by atoms with Gasteiger partial charge >= 0.3 is 6.18 Å². The van der Waals surface area contributed by atoms with Crippen LogP contribution in [0.5, 0.6) is 0 Å². The number of alkyl halides is 3. The van der Waals surface area contributed by atoms with E-state index in [9.17, 15) is 18.0 Å². The van der Waals surface area contributed by atoms with Crippen LogP contribution in [-0.2, 0) is 11.0 Å². The van der Waals surface area contributed by atoms with E-state index in [1.807, 2.05) is 0 Å². The number of pyridine rings is 1. The standard InChI is InChI=1S/C18H16Cl2F3N3O2/c1-3-28-26-15(16-14(20)8-11(19)9-24-16)10(2)25-17(27)12-6-4-5-7-13(12)18(21,22)23/h4-10H,3H2,1-2H3,(H,25,27)/b26-15+/t10-/m0/s1. The van der Waals surface area contributed by atoms with Crippen LogP contribution in [0.15, 0.2) is 41.7 Å². The molecule has 1 heterocycles. The van der Waals surface area contributed by atoms with Crippen molar-refractivity contribution in [2.24, 2.45) is 5.16 Å². The monoisotopic (exact) mass is 433 g/mol. The Morgan fingerprint density at radius 3 is 2.61 bits per heavy atom. The molecule has 0 fully saturated rings. The van der Waals surface area contributed by atoms with Crippen LogP contribution in [0.3, 0.4) is 0 Å². The van der Waals surface area contributed by atoms with Crippen LogP contribution in [0.25, 0.3) is 0 Å². The largest absolute Gasteiger partial charge is 0.417 e. The number of nitrogens with zero attached hydrogens (tertiary/aromatic N) is 2. The van der Waals surface area contributed by atoms with Gasteiger partial charge < -0.3 is 10.2 Å². The molecule has 2 aromatic rings. The number of hydrogen-bond donors (Lipinski definition) is 1. The van der Waals surface area contributed by atoms with E-state index in [1.165, 1.54) is 31.3 Å². The Morgan fingerprint density at radius 1 is 1.32 bits per heavy atom. The van der Waals surface area contributed by atoms with Crippen molar-refractivity contribution in [2.75, 3.05) is 6.61 Å². The second-order valence-electron chi connectivity index (χ2n) is 5.62. The van der Waals surface area contributed by atoms with Gasteiger partial charge in [0.2, 0.25) is 0 Å². The fourth-order valence-electron chi connectivity index (χ4n) is 2.34. The Balaban J connectivity index is 2.34. The Kier molecular flexibility index (Phi) is 7.26. The number of halogens is 5. The molecule has 0 bridgehead atoms. The van der Waals surface area contributed by atoms with Gasteiger partial charge in [0.25, 0.3) is 5.91 Å². The predicted molar refractivity (Wildman–Crippen MR) is 101 cm³/mol. The number of rotatable bonds is 6. The lowest BCUT2D eigenvalue weighted by Gasteiger charge is -2.18. The van der Waals surface area contributed by atoms with Gasteiger partial charge in [-0.3, -0.25) is 9.78 Å². The molecule has 1 N–H and O–H groups in total. The van der Waals surface area contributed by atoms with Crippen molar-refractivity contribution in [3.63, 3.8) is 0 Å². The van der Waals surface area contributed by atoms with E-state index < -0.39 is 29.3 Å². The molecule has 2 rings (SSSR count). The SMILES string of the molecule is CCO/N=C(/c1ncc(Cl)cc1Cl)[C@H](C)NC(=O)c1ccccc1C(F)(F)F. The molecule has 0 unspecified atom stereocenters. The first-order chi connectivity index (χ1) is 13.1. The molecule has 0 radical (unpaired) electrons. The number of nitrogens with one attached hydrogen (secondary N) is 1. The fraction of sp³-hybridized carbons (Fsp3) is 0.278. The van der Waals surface area contributed by atoms with Gasteiger partial charge in [0.15, 0.2) is 0 Å². The van der Waals surface area contributed by atoms with E-state index in [0.717, 1.165) is 12.1 Å². The summed E-state index contributed by atoms with van der Waals surface area (Å²) >= 11 is 12.0. The lowest BCUT2D eigenvalue weighted by atomic mass is 10.0. The van der Waals surface area contributed by atoms with E-state index >= 15 is 0 Å². The molecular weight excluding hydrogens is 418 g/mol. The van der Waals surface area contributed by atoms with Crippen LogP contribution < -0.4 is 5.32 Å². The highest BCUT2D eigenvalue weighted by Crippen LogP contribution is 2.31. The maximum atomic E-state index is 13.2. The lowest BCUT2D eigenvalue weighted by Crippen LogP contribution is -2.40. The van der Waals surface area contributed by atoms with E-state index in [2.05, 4.69) is 15.5 Å². The first-order valence-electron chi connectivity index (χ1n) is 8.13. The number of carbonyl (C=O) groups excluding carboxylic acids is 1. The van der Waals surface area contributed by atoms with Gasteiger partial charge in [-0.1, -0.05) is 40.5 Å². The predicted octanol–water partition coefficient (Wildman–Crippen LogP) is 4.97. The summed E-state index contributed by atoms with van der Waals surface area (Å²) in [5, 5.41) is 6.83. The van der Waals surface area contributed by atoms with Gasteiger partial charge in [-0.05, 0) is 32.0 Å². The number of benzene rings is 1. The van der Waals surface area contributed by atoms with Crippen molar-refractivity contribution in [3.8, 4) is 0 Å². The van der Waals surface area contributed by atoms with Gasteiger partial charge in [0.1, 0.15) is 18.0 Å². The summed E-state index contributed by atoms with van der Waals surface area (Å²) in [7, 11) is 0. The number of hydrogen-bond acceptors (Lipinski definition) is 4. The van der Waals surface area contributed by atoms with Gasteiger partial charge in [0, 0.05) is 6.20 Å². The van der Waals surface area contributed by atoms with Crippen LogP contribution in [0.2, 0.25) is 10.0 Å². The topological polar surface area (TPSA) is 63.6 Å². The summed E-state index contributed by atoms with van der Waals surface area (Å²) in [4.78, 5) is 21.6. The molecule has 0 aliphatic carbocycles. The minimum absolute atomic E-state index is 0.140. The zero-order chi connectivity index (χ0) is 20.9. The van der Waals surface area contributed by atoms with Crippen LogP contribution >= 0.6 is 23.2 Å². The first-order valence-corrected chi connectivity index (χ1v) is 8.89. The van der Waals surface area contributed by atoms with Crippen molar-refractivity contribution in [3.05, 3.63) is 63.4 Å². The highest BCUT2D eigenvalue weighted by atomic mass is 35.5. The zero-order valence-corrected chi connectivity index (χ0v) is 16.4. The molecule has 28 heavy (non-hydrogen) atoms. The smallest absolute Gasteiger partial charge is 0.396 e. The normalized spacial score (nSPS) is 13.2. The maximum absolute atomic E-state index is 13.2. The molecular formula is C18H16Cl2F3N3O2. The molecule has 0 saturated heterocycles. The van der Waals surface area contributed by atoms with Crippen molar-refractivity contribution >= 4 is 34.8 Å². The minimum Gasteiger partial charge on any atom is -0.396 e. The van der Waals surface area contributed by atoms with Crippen LogP contribution in [0.4, 0.5) is 13.2 Å². The number of amides is 1. The summed E-state index contributed by atoms with van der Waals surface area (Å²) in [5.41, 5.74) is -1.21. The Hall–Kier alpha value is -2.32. The van der Waals surface area contributed by atoms with E-state index in [1.54, 1.807) is 6.92 Å². The highest BCUT2D eigenvalue weighted by molar-refractivity contribution is 6.36. The van der Waals surface area contributed by atoms with Gasteiger partial charge in [-0.2, -0.15) is 13.2 Å². The molecule has 10 heteroatoms. The molecule has 1 aromatic carbocycles. The number of carbonyl (C=O) groups is 1. The number of oxime groups is 1. The van der Waals surface area contributed by atoms with E-state index in [0.29, 0.717) is 5.02 Å². The first kappa shape index (κ1) is 22.0. The van der Waals surface area contributed by atoms with E-state index in [4.69, 9.17) is 28.0 Å². The Labute approximate surface area is 169 Å². The molecule has 1 aromatic heterocycles. The average Bonchev–Trinajstić information content (AvgIpc) is 2.62. The third-order valence-electron chi connectivity index (χ3n) is 3.58. The van der Waals surface area contributed by atoms with Crippen molar-refractivity contribution in [2.45, 2.75) is 26.1 Å². The molecule has 150 valence electrons. The Bertz CT molecular complexity index is 889. The van der Waals surface area contributed by atoms with Crippen LogP contribution in [0, 0.1) is 0 Å². The quantitative estimate of drug-likeness (QED) is 0.516. The Morgan fingerprint density at radius 2 is 2.00 bits per heavy atom. The minimum atomic E-state index is -4.67. The van der Waals surface area contributed by atoms with E-state index in [-0.39, 0.29) is 23.0 Å². The molecule has 1 atom stereocenters. The molecule has 1 amide bonds. The molecule has 0 saturated carbocycles. The summed E-state index contributed by atoms with van der Waals surface area (Å²) in [6, 6.07) is 5.07. The summed E-state index contributed by atoms with van der Waals surface area (Å²) in [6.45, 7) is 3.45. The summed E-state index contributed by atoms with van der Waals surface area (Å²) in [6.07, 6.45) is -3.34. The number of aromatic nitrogens is 1. The molecule has 0 aliphatic rings. The molecule has 0 aliphatic heterocycles. The van der Waals surface area contributed by atoms with Gasteiger partial charge in [-0.15, -0.1) is 0 Å². The third-order valence-corrected chi connectivity index (χ3v) is 4.07. The summed E-state index contributed by atoms with van der Waals surface area (Å²) in [5.74, 6) is -0.922. The van der Waals surface area contributed by atoms with Gasteiger partial charge in [-0.25, -0.2) is 0 Å². The second kappa shape index (κ2) is 9.25. The van der Waals surface area contributed by atoms with Gasteiger partial charge in [0.05, 0.1) is 27.2 Å². The average molecular weight is 434 g/mol. The van der Waals surface area contributed by atoms with Crippen LogP contribution in [-0.4, -0.2) is 29.3 Å². The van der Waals surface area contributed by atoms with Crippen molar-refractivity contribution in [1.82, 2.24) is 10.3 Å². The summed E-state index contributed by atoms with van der Waals surface area (Å²) < 4.78 is 39.5. The lowest BCUT2D eigenvalue weighted by molar-refractivity contribution is -0.137. The third kappa shape index (κ3) is 5.36. The highest BCUT2D eigenvalue weighted by Gasteiger charge is 2.35.